The standard InChI is InChI=1S/C17H17FN6O/c1-23(2)16-8-7-12(9-14(16)18)10-19-17(25)13-5-3-4-6-15(13)24-11-20-21-22-24/h3-9,11H,10H2,1-2H3,(H,19,25). The first-order chi connectivity index (χ1) is 12.1. The molecule has 0 atom stereocenters. The number of carbonyl (C=O) groups is 1. The lowest BCUT2D eigenvalue weighted by Crippen LogP contribution is -2.24. The monoisotopic (exact) mass is 340 g/mol. The molecule has 0 saturated heterocycles. The van der Waals surface area contributed by atoms with Crippen molar-refractivity contribution in [2.45, 2.75) is 6.54 Å². The predicted octanol–water partition coefficient (Wildman–Crippen LogP) is 1.80. The summed E-state index contributed by atoms with van der Waals surface area (Å²) >= 11 is 0. The van der Waals surface area contributed by atoms with Crippen LogP contribution in [0.4, 0.5) is 10.1 Å². The van der Waals surface area contributed by atoms with Crippen molar-refractivity contribution in [3.63, 3.8) is 0 Å². The molecular weight excluding hydrogens is 323 g/mol. The fourth-order valence-electron chi connectivity index (χ4n) is 2.44. The summed E-state index contributed by atoms with van der Waals surface area (Å²) < 4.78 is 15.4. The van der Waals surface area contributed by atoms with Gasteiger partial charge >= 0.3 is 0 Å². The van der Waals surface area contributed by atoms with Gasteiger partial charge in [-0.25, -0.2) is 4.39 Å². The summed E-state index contributed by atoms with van der Waals surface area (Å²) in [4.78, 5) is 14.2. The Morgan fingerprint density at radius 2 is 2.04 bits per heavy atom. The molecule has 0 saturated carbocycles. The molecule has 128 valence electrons. The van der Waals surface area contributed by atoms with Crippen molar-refractivity contribution in [2.24, 2.45) is 0 Å². The minimum absolute atomic E-state index is 0.216. The first-order valence-corrected chi connectivity index (χ1v) is 7.62. The zero-order chi connectivity index (χ0) is 17.8. The van der Waals surface area contributed by atoms with Crippen LogP contribution in [0.15, 0.2) is 48.8 Å². The van der Waals surface area contributed by atoms with Crippen LogP contribution in [0.5, 0.6) is 0 Å². The molecule has 3 rings (SSSR count). The second kappa shape index (κ2) is 7.08. The average Bonchev–Trinajstić information content (AvgIpc) is 3.14. The van der Waals surface area contributed by atoms with Crippen molar-refractivity contribution >= 4 is 11.6 Å². The van der Waals surface area contributed by atoms with Crippen molar-refractivity contribution in [1.29, 1.82) is 0 Å². The number of para-hydroxylation sites is 1. The Morgan fingerprint density at radius 1 is 1.24 bits per heavy atom. The SMILES string of the molecule is CN(C)c1ccc(CNC(=O)c2ccccc2-n2cnnn2)cc1F. The second-order valence-corrected chi connectivity index (χ2v) is 5.63. The Labute approximate surface area is 144 Å². The number of hydrogen-bond acceptors (Lipinski definition) is 5. The topological polar surface area (TPSA) is 75.9 Å². The summed E-state index contributed by atoms with van der Waals surface area (Å²) in [6.45, 7) is 0.216. The number of halogens is 1. The number of aromatic nitrogens is 4. The van der Waals surface area contributed by atoms with E-state index in [2.05, 4.69) is 20.8 Å². The van der Waals surface area contributed by atoms with Gasteiger partial charge in [0.1, 0.15) is 12.1 Å². The highest BCUT2D eigenvalue weighted by atomic mass is 19.1. The predicted molar refractivity (Wildman–Crippen MR) is 91.1 cm³/mol. The Balaban J connectivity index is 1.75. The summed E-state index contributed by atoms with van der Waals surface area (Å²) in [5, 5.41) is 13.8. The number of nitrogens with one attached hydrogen (secondary N) is 1. The molecule has 7 nitrogen and oxygen atoms in total. The second-order valence-electron chi connectivity index (χ2n) is 5.63. The number of carbonyl (C=O) groups excluding carboxylic acids is 1. The van der Waals surface area contributed by atoms with Crippen LogP contribution in [-0.4, -0.2) is 40.2 Å². The van der Waals surface area contributed by atoms with Crippen LogP contribution in [0.25, 0.3) is 5.69 Å². The van der Waals surface area contributed by atoms with E-state index in [1.54, 1.807) is 55.4 Å². The molecule has 1 heterocycles. The summed E-state index contributed by atoms with van der Waals surface area (Å²) in [5.41, 5.74) is 2.18. The molecular formula is C17H17FN6O. The Bertz CT molecular complexity index is 879. The number of benzene rings is 2. The van der Waals surface area contributed by atoms with Gasteiger partial charge in [-0.2, -0.15) is 4.68 Å². The van der Waals surface area contributed by atoms with E-state index in [9.17, 15) is 9.18 Å². The third kappa shape index (κ3) is 3.63. The third-order valence-corrected chi connectivity index (χ3v) is 3.69. The molecule has 2 aromatic carbocycles. The Morgan fingerprint density at radius 3 is 2.72 bits per heavy atom. The number of amides is 1. The molecule has 1 N–H and O–H groups in total. The smallest absolute Gasteiger partial charge is 0.253 e. The first kappa shape index (κ1) is 16.6. The third-order valence-electron chi connectivity index (χ3n) is 3.69. The van der Waals surface area contributed by atoms with E-state index >= 15 is 0 Å². The zero-order valence-corrected chi connectivity index (χ0v) is 13.8. The molecule has 3 aromatic rings. The molecule has 0 radical (unpaired) electrons. The fourth-order valence-corrected chi connectivity index (χ4v) is 2.44. The Kier molecular flexibility index (Phi) is 4.69. The van der Waals surface area contributed by atoms with Gasteiger partial charge in [-0.1, -0.05) is 18.2 Å². The fraction of sp³-hybridized carbons (Fsp3) is 0.176. The van der Waals surface area contributed by atoms with Crippen LogP contribution in [-0.2, 0) is 6.54 Å². The van der Waals surface area contributed by atoms with Gasteiger partial charge in [0.05, 0.1) is 16.9 Å². The van der Waals surface area contributed by atoms with E-state index in [0.717, 1.165) is 0 Å². The lowest BCUT2D eigenvalue weighted by atomic mass is 10.1. The highest BCUT2D eigenvalue weighted by Gasteiger charge is 2.13. The van der Waals surface area contributed by atoms with Crippen molar-refractivity contribution in [1.82, 2.24) is 25.5 Å². The minimum atomic E-state index is -0.328. The molecule has 0 unspecified atom stereocenters. The van der Waals surface area contributed by atoms with E-state index < -0.39 is 0 Å². The molecule has 1 amide bonds. The highest BCUT2D eigenvalue weighted by Crippen LogP contribution is 2.18. The van der Waals surface area contributed by atoms with Gasteiger partial charge in [0.15, 0.2) is 0 Å². The largest absolute Gasteiger partial charge is 0.375 e. The van der Waals surface area contributed by atoms with Crippen molar-refractivity contribution in [3.05, 3.63) is 65.7 Å². The van der Waals surface area contributed by atoms with E-state index in [1.165, 1.54) is 17.1 Å². The summed E-state index contributed by atoms with van der Waals surface area (Å²) in [7, 11) is 3.55. The van der Waals surface area contributed by atoms with Crippen molar-refractivity contribution < 1.29 is 9.18 Å². The normalized spacial score (nSPS) is 10.5. The average molecular weight is 340 g/mol. The van der Waals surface area contributed by atoms with Gasteiger partial charge < -0.3 is 10.2 Å². The van der Waals surface area contributed by atoms with E-state index in [1.807, 2.05) is 0 Å². The first-order valence-electron chi connectivity index (χ1n) is 7.62. The van der Waals surface area contributed by atoms with Gasteiger partial charge in [-0.3, -0.25) is 4.79 Å². The van der Waals surface area contributed by atoms with Crippen LogP contribution in [0.3, 0.4) is 0 Å². The molecule has 1 aromatic heterocycles. The molecule has 0 aliphatic carbocycles. The number of tetrazole rings is 1. The summed E-state index contributed by atoms with van der Waals surface area (Å²) in [6.07, 6.45) is 1.42. The minimum Gasteiger partial charge on any atom is -0.375 e. The zero-order valence-electron chi connectivity index (χ0n) is 13.8. The molecule has 25 heavy (non-hydrogen) atoms. The van der Waals surface area contributed by atoms with Gasteiger partial charge in [0.25, 0.3) is 5.91 Å². The lowest BCUT2D eigenvalue weighted by Gasteiger charge is -2.14. The van der Waals surface area contributed by atoms with Crippen LogP contribution in [0.1, 0.15) is 15.9 Å². The van der Waals surface area contributed by atoms with Crippen molar-refractivity contribution in [2.75, 3.05) is 19.0 Å². The highest BCUT2D eigenvalue weighted by molar-refractivity contribution is 5.97. The van der Waals surface area contributed by atoms with E-state index in [4.69, 9.17) is 0 Å². The summed E-state index contributed by atoms with van der Waals surface area (Å²) in [5.74, 6) is -0.617. The van der Waals surface area contributed by atoms with Crippen LogP contribution in [0.2, 0.25) is 0 Å². The number of hydrogen-bond donors (Lipinski definition) is 1. The number of anilines is 1. The molecule has 0 aliphatic rings. The maximum atomic E-state index is 14.0. The van der Waals surface area contributed by atoms with Crippen molar-refractivity contribution in [3.8, 4) is 5.69 Å². The van der Waals surface area contributed by atoms with Crippen LogP contribution >= 0.6 is 0 Å². The molecule has 8 heteroatoms. The number of nitrogens with zero attached hydrogens (tertiary/aromatic N) is 5. The maximum absolute atomic E-state index is 14.0. The molecule has 0 aliphatic heterocycles. The van der Waals surface area contributed by atoms with Crippen LogP contribution in [0, 0.1) is 5.82 Å². The van der Waals surface area contributed by atoms with Gasteiger partial charge in [0, 0.05) is 20.6 Å². The Hall–Kier alpha value is -3.29. The molecule has 0 spiro atoms. The van der Waals surface area contributed by atoms with E-state index in [-0.39, 0.29) is 18.3 Å². The van der Waals surface area contributed by atoms with Gasteiger partial charge in [0.2, 0.25) is 0 Å². The number of rotatable bonds is 5. The van der Waals surface area contributed by atoms with Gasteiger partial charge in [-0.15, -0.1) is 5.10 Å². The lowest BCUT2D eigenvalue weighted by molar-refractivity contribution is 0.0950. The van der Waals surface area contributed by atoms with Gasteiger partial charge in [-0.05, 0) is 40.3 Å². The molecule has 0 bridgehead atoms. The molecule has 0 fully saturated rings. The van der Waals surface area contributed by atoms with E-state index in [0.29, 0.717) is 22.5 Å². The summed E-state index contributed by atoms with van der Waals surface area (Å²) in [6, 6.07) is 11.9. The quantitative estimate of drug-likeness (QED) is 0.766. The van der Waals surface area contributed by atoms with Crippen LogP contribution < -0.4 is 10.2 Å². The maximum Gasteiger partial charge on any atom is 0.253 e.